The molecule has 0 N–H and O–H groups in total. The van der Waals surface area contributed by atoms with E-state index in [2.05, 4.69) is 0 Å². The third-order valence-electron chi connectivity index (χ3n) is 3.07. The SMILES string of the molecule is CCN(C(=O)c1ccccc1Cl)c1ccccc1C. The Morgan fingerprint density at radius 3 is 2.37 bits per heavy atom. The summed E-state index contributed by atoms with van der Waals surface area (Å²) in [6.45, 7) is 4.56. The summed E-state index contributed by atoms with van der Waals surface area (Å²) in [4.78, 5) is 14.3. The maximum atomic E-state index is 12.6. The van der Waals surface area contributed by atoms with Gasteiger partial charge in [0.15, 0.2) is 0 Å². The van der Waals surface area contributed by atoms with Crippen LogP contribution in [0.2, 0.25) is 5.02 Å². The van der Waals surface area contributed by atoms with Crippen molar-refractivity contribution in [3.05, 3.63) is 64.7 Å². The van der Waals surface area contributed by atoms with E-state index in [9.17, 15) is 4.79 Å². The van der Waals surface area contributed by atoms with E-state index in [1.165, 1.54) is 0 Å². The summed E-state index contributed by atoms with van der Waals surface area (Å²) in [5.74, 6) is -0.0672. The van der Waals surface area contributed by atoms with Crippen LogP contribution >= 0.6 is 11.6 Å². The molecule has 0 radical (unpaired) electrons. The Labute approximate surface area is 118 Å². The van der Waals surface area contributed by atoms with Crippen molar-refractivity contribution in [3.63, 3.8) is 0 Å². The van der Waals surface area contributed by atoms with Crippen molar-refractivity contribution >= 4 is 23.2 Å². The van der Waals surface area contributed by atoms with Gasteiger partial charge in [0.1, 0.15) is 0 Å². The third kappa shape index (κ3) is 2.79. The summed E-state index contributed by atoms with van der Waals surface area (Å²) in [7, 11) is 0. The fourth-order valence-electron chi connectivity index (χ4n) is 2.07. The fraction of sp³-hybridized carbons (Fsp3) is 0.188. The topological polar surface area (TPSA) is 20.3 Å². The first-order valence-electron chi connectivity index (χ1n) is 6.27. The van der Waals surface area contributed by atoms with Crippen molar-refractivity contribution < 1.29 is 4.79 Å². The van der Waals surface area contributed by atoms with E-state index in [0.717, 1.165) is 11.3 Å². The van der Waals surface area contributed by atoms with Gasteiger partial charge in [0, 0.05) is 12.2 Å². The molecule has 0 aromatic heterocycles. The van der Waals surface area contributed by atoms with Crippen LogP contribution in [-0.4, -0.2) is 12.5 Å². The zero-order valence-corrected chi connectivity index (χ0v) is 11.8. The fourth-order valence-corrected chi connectivity index (χ4v) is 2.29. The quantitative estimate of drug-likeness (QED) is 0.816. The Bertz CT molecular complexity index is 595. The number of amides is 1. The lowest BCUT2D eigenvalue weighted by Crippen LogP contribution is -2.31. The molecule has 0 unspecified atom stereocenters. The van der Waals surface area contributed by atoms with Crippen molar-refractivity contribution in [2.45, 2.75) is 13.8 Å². The van der Waals surface area contributed by atoms with E-state index in [-0.39, 0.29) is 5.91 Å². The number of carbonyl (C=O) groups excluding carboxylic acids is 1. The van der Waals surface area contributed by atoms with Gasteiger partial charge in [-0.05, 0) is 37.6 Å². The molecule has 19 heavy (non-hydrogen) atoms. The van der Waals surface area contributed by atoms with Gasteiger partial charge in [-0.1, -0.05) is 41.9 Å². The molecule has 0 bridgehead atoms. The van der Waals surface area contributed by atoms with Crippen molar-refractivity contribution in [1.82, 2.24) is 0 Å². The molecule has 1 amide bonds. The molecule has 0 atom stereocenters. The average molecular weight is 274 g/mol. The van der Waals surface area contributed by atoms with Gasteiger partial charge in [0.05, 0.1) is 10.6 Å². The minimum absolute atomic E-state index is 0.0672. The standard InChI is InChI=1S/C16H16ClNO/c1-3-18(15-11-7-4-8-12(15)2)16(19)13-9-5-6-10-14(13)17/h4-11H,3H2,1-2H3. The summed E-state index contributed by atoms with van der Waals surface area (Å²) in [5, 5.41) is 0.486. The first-order valence-corrected chi connectivity index (χ1v) is 6.65. The molecule has 0 aliphatic rings. The van der Waals surface area contributed by atoms with Crippen LogP contribution < -0.4 is 4.90 Å². The molecule has 0 saturated carbocycles. The van der Waals surface area contributed by atoms with Gasteiger partial charge in [-0.2, -0.15) is 0 Å². The third-order valence-corrected chi connectivity index (χ3v) is 3.40. The molecule has 2 rings (SSSR count). The molecule has 0 fully saturated rings. The Morgan fingerprint density at radius 1 is 1.11 bits per heavy atom. The number of aryl methyl sites for hydroxylation is 1. The molecule has 98 valence electrons. The molecule has 2 nitrogen and oxygen atoms in total. The average Bonchev–Trinajstić information content (AvgIpc) is 2.42. The Morgan fingerprint density at radius 2 is 1.74 bits per heavy atom. The monoisotopic (exact) mass is 273 g/mol. The second-order valence-corrected chi connectivity index (χ2v) is 4.72. The highest BCUT2D eigenvalue weighted by molar-refractivity contribution is 6.34. The summed E-state index contributed by atoms with van der Waals surface area (Å²) in [5.41, 5.74) is 2.54. The largest absolute Gasteiger partial charge is 0.308 e. The molecule has 0 aliphatic carbocycles. The number of halogens is 1. The van der Waals surface area contributed by atoms with Crippen LogP contribution in [0.1, 0.15) is 22.8 Å². The van der Waals surface area contributed by atoms with E-state index >= 15 is 0 Å². The number of hydrogen-bond donors (Lipinski definition) is 0. The van der Waals surface area contributed by atoms with Crippen LogP contribution in [0.5, 0.6) is 0 Å². The van der Waals surface area contributed by atoms with Crippen LogP contribution in [-0.2, 0) is 0 Å². The first-order chi connectivity index (χ1) is 9.15. The van der Waals surface area contributed by atoms with E-state index < -0.39 is 0 Å². The zero-order valence-electron chi connectivity index (χ0n) is 11.1. The van der Waals surface area contributed by atoms with Crippen LogP contribution in [0, 0.1) is 6.92 Å². The van der Waals surface area contributed by atoms with E-state index in [1.54, 1.807) is 17.0 Å². The summed E-state index contributed by atoms with van der Waals surface area (Å²) >= 11 is 6.10. The maximum absolute atomic E-state index is 12.6. The Hall–Kier alpha value is -1.80. The van der Waals surface area contributed by atoms with Crippen LogP contribution in [0.25, 0.3) is 0 Å². The lowest BCUT2D eigenvalue weighted by atomic mass is 10.1. The molecule has 0 spiro atoms. The minimum Gasteiger partial charge on any atom is -0.308 e. The van der Waals surface area contributed by atoms with E-state index in [1.807, 2.05) is 50.2 Å². The predicted molar refractivity (Wildman–Crippen MR) is 80.0 cm³/mol. The number of anilines is 1. The van der Waals surface area contributed by atoms with Gasteiger partial charge >= 0.3 is 0 Å². The van der Waals surface area contributed by atoms with Crippen molar-refractivity contribution in [2.24, 2.45) is 0 Å². The Kier molecular flexibility index (Phi) is 4.23. The summed E-state index contributed by atoms with van der Waals surface area (Å²) < 4.78 is 0. The number of rotatable bonds is 3. The molecule has 0 heterocycles. The smallest absolute Gasteiger partial charge is 0.259 e. The highest BCUT2D eigenvalue weighted by Gasteiger charge is 2.19. The predicted octanol–water partition coefficient (Wildman–Crippen LogP) is 4.32. The van der Waals surface area contributed by atoms with Gasteiger partial charge in [0.2, 0.25) is 0 Å². The van der Waals surface area contributed by atoms with Gasteiger partial charge in [-0.15, -0.1) is 0 Å². The van der Waals surface area contributed by atoms with Gasteiger partial charge in [-0.25, -0.2) is 0 Å². The maximum Gasteiger partial charge on any atom is 0.259 e. The molecule has 0 aliphatic heterocycles. The second-order valence-electron chi connectivity index (χ2n) is 4.32. The number of carbonyl (C=O) groups is 1. The van der Waals surface area contributed by atoms with Gasteiger partial charge in [-0.3, -0.25) is 4.79 Å². The normalized spacial score (nSPS) is 10.3. The second kappa shape index (κ2) is 5.89. The van der Waals surface area contributed by atoms with Crippen LogP contribution in [0.15, 0.2) is 48.5 Å². The van der Waals surface area contributed by atoms with Crippen LogP contribution in [0.3, 0.4) is 0 Å². The number of para-hydroxylation sites is 1. The first kappa shape index (κ1) is 13.6. The summed E-state index contributed by atoms with van der Waals surface area (Å²) in [6, 6.07) is 15.0. The molecular weight excluding hydrogens is 258 g/mol. The van der Waals surface area contributed by atoms with Crippen molar-refractivity contribution in [2.75, 3.05) is 11.4 Å². The molecule has 3 heteroatoms. The summed E-state index contributed by atoms with van der Waals surface area (Å²) in [6.07, 6.45) is 0. The molecule has 2 aromatic carbocycles. The Balaban J connectivity index is 2.41. The lowest BCUT2D eigenvalue weighted by molar-refractivity contribution is 0.0988. The number of benzene rings is 2. The van der Waals surface area contributed by atoms with Gasteiger partial charge in [0.25, 0.3) is 5.91 Å². The van der Waals surface area contributed by atoms with Crippen molar-refractivity contribution in [1.29, 1.82) is 0 Å². The highest BCUT2D eigenvalue weighted by Crippen LogP contribution is 2.24. The lowest BCUT2D eigenvalue weighted by Gasteiger charge is -2.23. The zero-order chi connectivity index (χ0) is 13.8. The van der Waals surface area contributed by atoms with E-state index in [0.29, 0.717) is 17.1 Å². The van der Waals surface area contributed by atoms with Crippen molar-refractivity contribution in [3.8, 4) is 0 Å². The van der Waals surface area contributed by atoms with Gasteiger partial charge < -0.3 is 4.90 Å². The minimum atomic E-state index is -0.0672. The van der Waals surface area contributed by atoms with E-state index in [4.69, 9.17) is 11.6 Å². The number of hydrogen-bond acceptors (Lipinski definition) is 1. The number of nitrogens with zero attached hydrogens (tertiary/aromatic N) is 1. The van der Waals surface area contributed by atoms with Crippen LogP contribution in [0.4, 0.5) is 5.69 Å². The molecule has 0 saturated heterocycles. The molecule has 2 aromatic rings. The highest BCUT2D eigenvalue weighted by atomic mass is 35.5. The molecular formula is C16H16ClNO.